The van der Waals surface area contributed by atoms with Gasteiger partial charge >= 0.3 is 0 Å². The fraction of sp³-hybridized carbons (Fsp3) is 0.438. The van der Waals surface area contributed by atoms with Gasteiger partial charge in [0.25, 0.3) is 0 Å². The van der Waals surface area contributed by atoms with Crippen molar-refractivity contribution in [1.29, 1.82) is 0 Å². The van der Waals surface area contributed by atoms with Crippen molar-refractivity contribution in [3.8, 4) is 0 Å². The van der Waals surface area contributed by atoms with E-state index in [9.17, 15) is 0 Å². The number of nitrogens with one attached hydrogen (secondary N) is 1. The minimum absolute atomic E-state index is 0.178. The van der Waals surface area contributed by atoms with Crippen molar-refractivity contribution < 1.29 is 0 Å². The smallest absolute Gasteiger partial charge is 0.0670 e. The second-order valence-electron chi connectivity index (χ2n) is 5.61. The van der Waals surface area contributed by atoms with Crippen LogP contribution in [0, 0.1) is 0 Å². The van der Waals surface area contributed by atoms with Gasteiger partial charge in [0.15, 0.2) is 0 Å². The van der Waals surface area contributed by atoms with Crippen molar-refractivity contribution >= 4 is 0 Å². The van der Waals surface area contributed by atoms with Gasteiger partial charge in [-0.25, -0.2) is 0 Å². The molecule has 0 spiro atoms. The van der Waals surface area contributed by atoms with Gasteiger partial charge in [0.1, 0.15) is 0 Å². The molecule has 4 heteroatoms. The van der Waals surface area contributed by atoms with Gasteiger partial charge < -0.3 is 0 Å². The summed E-state index contributed by atoms with van der Waals surface area (Å²) in [6.07, 6.45) is 5.23. The number of hydrazine groups is 1. The van der Waals surface area contributed by atoms with Crippen molar-refractivity contribution in [2.24, 2.45) is 12.9 Å². The van der Waals surface area contributed by atoms with Gasteiger partial charge in [-0.3, -0.25) is 16.0 Å². The summed E-state index contributed by atoms with van der Waals surface area (Å²) in [5, 5.41) is 4.51. The van der Waals surface area contributed by atoms with Crippen LogP contribution in [0.1, 0.15) is 47.7 Å². The summed E-state index contributed by atoms with van der Waals surface area (Å²) >= 11 is 0. The topological polar surface area (TPSA) is 55.9 Å². The normalized spacial score (nSPS) is 18.4. The minimum Gasteiger partial charge on any atom is -0.275 e. The van der Waals surface area contributed by atoms with Crippen molar-refractivity contribution in [2.75, 3.05) is 0 Å². The van der Waals surface area contributed by atoms with E-state index in [0.717, 1.165) is 25.0 Å². The fourth-order valence-electron chi connectivity index (χ4n) is 3.26. The number of fused-ring (bicyclic) bond motifs is 1. The minimum atomic E-state index is 0.178. The Labute approximate surface area is 120 Å². The lowest BCUT2D eigenvalue weighted by Gasteiger charge is -2.32. The molecular formula is C16H22N4. The van der Waals surface area contributed by atoms with Gasteiger partial charge in [-0.2, -0.15) is 5.10 Å². The van der Waals surface area contributed by atoms with Crippen molar-refractivity contribution in [3.05, 3.63) is 52.8 Å². The third-order valence-corrected chi connectivity index (χ3v) is 4.33. The van der Waals surface area contributed by atoms with Crippen LogP contribution in [0.4, 0.5) is 0 Å². The van der Waals surface area contributed by atoms with Crippen LogP contribution in [-0.4, -0.2) is 9.78 Å². The Morgan fingerprint density at radius 3 is 2.95 bits per heavy atom. The van der Waals surface area contributed by atoms with Crippen molar-refractivity contribution in [2.45, 2.75) is 38.1 Å². The summed E-state index contributed by atoms with van der Waals surface area (Å²) in [5.41, 5.74) is 8.33. The largest absolute Gasteiger partial charge is 0.275 e. The zero-order chi connectivity index (χ0) is 14.1. The molecule has 0 radical (unpaired) electrons. The van der Waals surface area contributed by atoms with Gasteiger partial charge in [0.05, 0.1) is 5.69 Å². The van der Waals surface area contributed by atoms with E-state index < -0.39 is 0 Å². The molecule has 1 aliphatic rings. The molecule has 20 heavy (non-hydrogen) atoms. The second-order valence-corrected chi connectivity index (χ2v) is 5.61. The van der Waals surface area contributed by atoms with Crippen molar-refractivity contribution in [3.63, 3.8) is 0 Å². The van der Waals surface area contributed by atoms with Gasteiger partial charge in [-0.15, -0.1) is 0 Å². The van der Waals surface area contributed by atoms with Crippen LogP contribution in [0.3, 0.4) is 0 Å². The molecule has 0 bridgehead atoms. The third-order valence-electron chi connectivity index (χ3n) is 4.33. The molecule has 2 atom stereocenters. The number of hydrogen-bond acceptors (Lipinski definition) is 3. The Morgan fingerprint density at radius 2 is 2.25 bits per heavy atom. The summed E-state index contributed by atoms with van der Waals surface area (Å²) in [4.78, 5) is 0. The number of nitrogens with zero attached hydrogens (tertiary/aromatic N) is 2. The highest BCUT2D eigenvalue weighted by Crippen LogP contribution is 2.40. The zero-order valence-electron chi connectivity index (χ0n) is 12.1. The molecule has 106 valence electrons. The quantitative estimate of drug-likeness (QED) is 0.647. The summed E-state index contributed by atoms with van der Waals surface area (Å²) in [6, 6.07) is 8.87. The van der Waals surface area contributed by atoms with E-state index in [0.29, 0.717) is 5.92 Å². The first-order chi connectivity index (χ1) is 9.72. The Kier molecular flexibility index (Phi) is 3.59. The molecule has 3 N–H and O–H groups in total. The van der Waals surface area contributed by atoms with Crippen LogP contribution in [0.2, 0.25) is 0 Å². The molecule has 2 unspecified atom stereocenters. The molecule has 1 aromatic heterocycles. The number of hydrogen-bond donors (Lipinski definition) is 2. The molecule has 0 aliphatic heterocycles. The molecule has 4 nitrogen and oxygen atoms in total. The lowest BCUT2D eigenvalue weighted by atomic mass is 9.74. The highest BCUT2D eigenvalue weighted by Gasteiger charge is 2.29. The van der Waals surface area contributed by atoms with Crippen molar-refractivity contribution in [1.82, 2.24) is 15.2 Å². The average molecular weight is 270 g/mol. The highest BCUT2D eigenvalue weighted by molar-refractivity contribution is 5.40. The lowest BCUT2D eigenvalue weighted by molar-refractivity contribution is 0.433. The van der Waals surface area contributed by atoms with E-state index in [1.54, 1.807) is 0 Å². The molecule has 0 amide bonds. The van der Waals surface area contributed by atoms with Gasteiger partial charge in [0, 0.05) is 24.8 Å². The Morgan fingerprint density at radius 1 is 1.45 bits per heavy atom. The Bertz CT molecular complexity index is 602. The predicted molar refractivity (Wildman–Crippen MR) is 80.2 cm³/mol. The summed E-state index contributed by atoms with van der Waals surface area (Å²) in [7, 11) is 1.97. The van der Waals surface area contributed by atoms with Crippen LogP contribution in [0.25, 0.3) is 0 Å². The van der Waals surface area contributed by atoms with E-state index >= 15 is 0 Å². The number of nitrogens with two attached hydrogens (primary N) is 1. The van der Waals surface area contributed by atoms with E-state index in [1.165, 1.54) is 16.7 Å². The summed E-state index contributed by atoms with van der Waals surface area (Å²) in [5.74, 6) is 6.41. The maximum absolute atomic E-state index is 5.80. The highest BCUT2D eigenvalue weighted by atomic mass is 15.3. The zero-order valence-corrected chi connectivity index (χ0v) is 12.1. The number of rotatable bonds is 5. The molecule has 0 saturated heterocycles. The Balaban J connectivity index is 1.79. The van der Waals surface area contributed by atoms with Gasteiger partial charge in [-0.05, 0) is 36.3 Å². The van der Waals surface area contributed by atoms with Crippen LogP contribution >= 0.6 is 0 Å². The average Bonchev–Trinajstić information content (AvgIpc) is 2.81. The number of benzene rings is 1. The van der Waals surface area contributed by atoms with Crippen LogP contribution in [0.15, 0.2) is 30.5 Å². The van der Waals surface area contributed by atoms with Gasteiger partial charge in [-0.1, -0.05) is 31.2 Å². The van der Waals surface area contributed by atoms with Gasteiger partial charge in [0.2, 0.25) is 0 Å². The Hall–Kier alpha value is -1.65. The first kappa shape index (κ1) is 13.3. The molecular weight excluding hydrogens is 248 g/mol. The predicted octanol–water partition coefficient (Wildman–Crippen LogP) is 2.22. The lowest BCUT2D eigenvalue weighted by Crippen LogP contribution is -2.32. The van der Waals surface area contributed by atoms with E-state index in [-0.39, 0.29) is 6.04 Å². The SMILES string of the molecule is CCc1nn(C)cc1C(CC1Cc2ccccc21)NN. The fourth-order valence-corrected chi connectivity index (χ4v) is 3.26. The molecule has 1 heterocycles. The molecule has 2 aromatic rings. The summed E-state index contributed by atoms with van der Waals surface area (Å²) in [6.45, 7) is 2.14. The molecule has 0 fully saturated rings. The van der Waals surface area contributed by atoms with E-state index in [4.69, 9.17) is 5.84 Å². The molecule has 1 aliphatic carbocycles. The van der Waals surface area contributed by atoms with E-state index in [1.807, 2.05) is 11.7 Å². The maximum Gasteiger partial charge on any atom is 0.0670 e. The first-order valence-corrected chi connectivity index (χ1v) is 7.29. The third kappa shape index (κ3) is 2.25. The maximum atomic E-state index is 5.80. The number of aromatic nitrogens is 2. The standard InChI is InChI=1S/C16H22N4/c1-3-15-14(10-20(2)19-15)16(18-17)9-12-8-11-6-4-5-7-13(11)12/h4-7,10,12,16,18H,3,8-9,17H2,1-2H3. The number of aryl methyl sites for hydroxylation is 2. The molecule has 3 rings (SSSR count). The van der Waals surface area contributed by atoms with Crippen LogP contribution in [-0.2, 0) is 19.9 Å². The molecule has 0 saturated carbocycles. The molecule has 1 aromatic carbocycles. The van der Waals surface area contributed by atoms with Crippen LogP contribution < -0.4 is 11.3 Å². The van der Waals surface area contributed by atoms with Crippen LogP contribution in [0.5, 0.6) is 0 Å². The monoisotopic (exact) mass is 270 g/mol. The van der Waals surface area contributed by atoms with E-state index in [2.05, 4.69) is 47.9 Å². The first-order valence-electron chi connectivity index (χ1n) is 7.29. The second kappa shape index (κ2) is 5.38. The summed E-state index contributed by atoms with van der Waals surface area (Å²) < 4.78 is 1.88.